The summed E-state index contributed by atoms with van der Waals surface area (Å²) in [5.74, 6) is 0.515. The SMILES string of the molecule is O[C@@H]([C@H](O)[C@@H](COCc1ccccc1OCc1ccccc1)OCc1ccc(F)cc1)[C@@H](COCc1ccccc1OCc1ccccc1)OCc1ccc(F)cc1. The van der Waals surface area contributed by atoms with Crippen molar-refractivity contribution in [2.24, 2.45) is 0 Å². The number of hydrogen-bond donors (Lipinski definition) is 2. The molecule has 8 nitrogen and oxygen atoms in total. The van der Waals surface area contributed by atoms with E-state index in [-0.39, 0.29) is 39.6 Å². The molecule has 0 bridgehead atoms. The molecule has 0 aromatic heterocycles. The normalized spacial score (nSPS) is 13.4. The van der Waals surface area contributed by atoms with Crippen molar-refractivity contribution in [2.45, 2.75) is 64.1 Å². The Morgan fingerprint density at radius 3 is 1.12 bits per heavy atom. The van der Waals surface area contributed by atoms with Gasteiger partial charge in [-0.2, -0.15) is 0 Å². The lowest BCUT2D eigenvalue weighted by Crippen LogP contribution is -2.49. The van der Waals surface area contributed by atoms with Gasteiger partial charge in [-0.15, -0.1) is 0 Å². The van der Waals surface area contributed by atoms with Gasteiger partial charge >= 0.3 is 0 Å². The highest BCUT2D eigenvalue weighted by molar-refractivity contribution is 5.34. The van der Waals surface area contributed by atoms with Gasteiger partial charge in [-0.1, -0.05) is 121 Å². The summed E-state index contributed by atoms with van der Waals surface area (Å²) in [4.78, 5) is 0. The van der Waals surface area contributed by atoms with Gasteiger partial charge in [0.25, 0.3) is 0 Å². The van der Waals surface area contributed by atoms with Crippen molar-refractivity contribution < 1.29 is 47.4 Å². The van der Waals surface area contributed by atoms with Crippen LogP contribution in [-0.2, 0) is 58.6 Å². The highest BCUT2D eigenvalue weighted by Gasteiger charge is 2.34. The summed E-state index contributed by atoms with van der Waals surface area (Å²) in [6.45, 7) is 0.777. The average Bonchev–Trinajstić information content (AvgIpc) is 3.26. The maximum Gasteiger partial charge on any atom is 0.125 e. The van der Waals surface area contributed by atoms with Gasteiger partial charge in [-0.3, -0.25) is 0 Å². The van der Waals surface area contributed by atoms with E-state index in [2.05, 4.69) is 0 Å². The summed E-state index contributed by atoms with van der Waals surface area (Å²) in [7, 11) is 0. The van der Waals surface area contributed by atoms with E-state index in [9.17, 15) is 19.0 Å². The lowest BCUT2D eigenvalue weighted by molar-refractivity contribution is -0.170. The van der Waals surface area contributed by atoms with Crippen molar-refractivity contribution in [3.8, 4) is 11.5 Å². The number of aliphatic hydroxyl groups is 2. The summed E-state index contributed by atoms with van der Waals surface area (Å²) in [5.41, 5.74) is 4.93. The van der Waals surface area contributed by atoms with Crippen LogP contribution in [0.25, 0.3) is 0 Å². The topological polar surface area (TPSA) is 95.8 Å². The van der Waals surface area contributed by atoms with Crippen molar-refractivity contribution in [3.63, 3.8) is 0 Å². The first-order chi connectivity index (χ1) is 28.4. The van der Waals surface area contributed by atoms with Gasteiger partial charge in [0.2, 0.25) is 0 Å². The first-order valence-electron chi connectivity index (χ1n) is 19.1. The summed E-state index contributed by atoms with van der Waals surface area (Å²) in [6.07, 6.45) is -5.15. The molecular weight excluding hydrogens is 743 g/mol. The molecule has 302 valence electrons. The van der Waals surface area contributed by atoms with E-state index in [4.69, 9.17) is 28.4 Å². The molecule has 4 atom stereocenters. The Hall–Kier alpha value is -5.46. The quantitative estimate of drug-likeness (QED) is 0.0666. The largest absolute Gasteiger partial charge is 0.489 e. The Bertz CT molecular complexity index is 1920. The second-order valence-corrected chi connectivity index (χ2v) is 13.7. The third-order valence-corrected chi connectivity index (χ3v) is 9.37. The van der Waals surface area contributed by atoms with Gasteiger partial charge in [-0.25, -0.2) is 8.78 Å². The van der Waals surface area contributed by atoms with E-state index in [0.29, 0.717) is 35.8 Å². The first kappa shape index (κ1) is 42.2. The van der Waals surface area contributed by atoms with Crippen LogP contribution in [0.1, 0.15) is 33.4 Å². The zero-order valence-corrected chi connectivity index (χ0v) is 32.1. The molecule has 0 spiro atoms. The van der Waals surface area contributed by atoms with Crippen molar-refractivity contribution >= 4 is 0 Å². The minimum Gasteiger partial charge on any atom is -0.489 e. The fraction of sp³-hybridized carbons (Fsp3) is 0.250. The number of benzene rings is 6. The summed E-state index contributed by atoms with van der Waals surface area (Å²) < 4.78 is 64.1. The van der Waals surface area contributed by atoms with Crippen LogP contribution < -0.4 is 9.47 Å². The standard InChI is InChI=1S/C48H48F2O8/c49-41-23-19-37(20-24-41)29-57-45(33-53-31-39-15-7-9-17-43(39)55-27-35-11-3-1-4-12-35)47(51)48(52)46(58-30-38-21-25-42(50)26-22-38)34-54-32-40-16-8-10-18-44(40)56-28-36-13-5-2-6-14-36/h1-26,45-48,51-52H,27-34H2/t45-,46-,47-,48-/m1/s1. The number of rotatable bonds is 23. The van der Waals surface area contributed by atoms with Crippen LogP contribution in [0, 0.1) is 11.6 Å². The maximum atomic E-state index is 13.7. The minimum absolute atomic E-state index is 0.00618. The number of aliphatic hydroxyl groups excluding tert-OH is 2. The Balaban J connectivity index is 1.14. The van der Waals surface area contributed by atoms with Gasteiger partial charge in [-0.05, 0) is 58.7 Å². The molecule has 0 aliphatic heterocycles. The van der Waals surface area contributed by atoms with Crippen molar-refractivity contribution in [3.05, 3.63) is 203 Å². The Kier molecular flexibility index (Phi) is 16.3. The van der Waals surface area contributed by atoms with E-state index in [1.54, 1.807) is 24.3 Å². The molecular formula is C48H48F2O8. The monoisotopic (exact) mass is 790 g/mol. The van der Waals surface area contributed by atoms with Crippen molar-refractivity contribution in [1.82, 2.24) is 0 Å². The highest BCUT2D eigenvalue weighted by atomic mass is 19.1. The molecule has 0 radical (unpaired) electrons. The first-order valence-corrected chi connectivity index (χ1v) is 19.1. The van der Waals surface area contributed by atoms with Crippen LogP contribution in [0.15, 0.2) is 158 Å². The predicted octanol–water partition coefficient (Wildman–Crippen LogP) is 8.75. The van der Waals surface area contributed by atoms with E-state index in [1.807, 2.05) is 109 Å². The summed E-state index contributed by atoms with van der Waals surface area (Å²) >= 11 is 0. The van der Waals surface area contributed by atoms with Gasteiger partial charge < -0.3 is 38.6 Å². The fourth-order valence-electron chi connectivity index (χ4n) is 6.07. The molecule has 0 saturated heterocycles. The van der Waals surface area contributed by atoms with Gasteiger partial charge in [0.1, 0.15) is 60.8 Å². The second kappa shape index (κ2) is 22.5. The molecule has 0 saturated carbocycles. The van der Waals surface area contributed by atoms with Gasteiger partial charge in [0, 0.05) is 11.1 Å². The lowest BCUT2D eigenvalue weighted by atomic mass is 10.0. The Morgan fingerprint density at radius 1 is 0.379 bits per heavy atom. The minimum atomic E-state index is -1.52. The fourth-order valence-corrected chi connectivity index (χ4v) is 6.07. The molecule has 0 fully saturated rings. The molecule has 10 heteroatoms. The molecule has 58 heavy (non-hydrogen) atoms. The van der Waals surface area contributed by atoms with Crippen LogP contribution >= 0.6 is 0 Å². The molecule has 0 amide bonds. The van der Waals surface area contributed by atoms with Crippen LogP contribution in [0.3, 0.4) is 0 Å². The average molecular weight is 791 g/mol. The molecule has 6 aromatic carbocycles. The van der Waals surface area contributed by atoms with Gasteiger partial charge in [0.05, 0.1) is 39.6 Å². The summed E-state index contributed by atoms with van der Waals surface area (Å²) in [6, 6.07) is 46.3. The van der Waals surface area contributed by atoms with E-state index in [0.717, 1.165) is 22.3 Å². The third-order valence-electron chi connectivity index (χ3n) is 9.37. The maximum absolute atomic E-state index is 13.7. The molecule has 0 aliphatic carbocycles. The zero-order chi connectivity index (χ0) is 40.4. The van der Waals surface area contributed by atoms with Crippen molar-refractivity contribution in [1.29, 1.82) is 0 Å². The Morgan fingerprint density at radius 2 is 0.724 bits per heavy atom. The van der Waals surface area contributed by atoms with Gasteiger partial charge in [0.15, 0.2) is 0 Å². The predicted molar refractivity (Wildman–Crippen MR) is 216 cm³/mol. The lowest BCUT2D eigenvalue weighted by Gasteiger charge is -2.32. The van der Waals surface area contributed by atoms with Crippen LogP contribution in [0.5, 0.6) is 11.5 Å². The third kappa shape index (κ3) is 13.3. The van der Waals surface area contributed by atoms with E-state index >= 15 is 0 Å². The second-order valence-electron chi connectivity index (χ2n) is 13.7. The molecule has 0 aliphatic rings. The van der Waals surface area contributed by atoms with Crippen molar-refractivity contribution in [2.75, 3.05) is 13.2 Å². The van der Waals surface area contributed by atoms with E-state index < -0.39 is 36.1 Å². The number of ether oxygens (including phenoxy) is 6. The smallest absolute Gasteiger partial charge is 0.125 e. The molecule has 0 heterocycles. The zero-order valence-electron chi connectivity index (χ0n) is 32.1. The molecule has 0 unspecified atom stereocenters. The van der Waals surface area contributed by atoms with Crippen LogP contribution in [0.4, 0.5) is 8.78 Å². The number of para-hydroxylation sites is 2. The van der Waals surface area contributed by atoms with Crippen LogP contribution in [-0.4, -0.2) is 47.8 Å². The van der Waals surface area contributed by atoms with Crippen LogP contribution in [0.2, 0.25) is 0 Å². The molecule has 6 aromatic rings. The Labute approximate surface area is 338 Å². The molecule has 2 N–H and O–H groups in total. The van der Waals surface area contributed by atoms with E-state index in [1.165, 1.54) is 24.3 Å². The number of halogens is 2. The highest BCUT2D eigenvalue weighted by Crippen LogP contribution is 2.24. The summed E-state index contributed by atoms with van der Waals surface area (Å²) in [5, 5.41) is 23.5. The molecule has 6 rings (SSSR count). The number of hydrogen-bond acceptors (Lipinski definition) is 8.